The van der Waals surface area contributed by atoms with E-state index < -0.39 is 15.6 Å². The van der Waals surface area contributed by atoms with Crippen molar-refractivity contribution in [2.24, 2.45) is 7.05 Å². The van der Waals surface area contributed by atoms with Gasteiger partial charge in [-0.05, 0) is 19.1 Å². The molecular weight excluding hydrogens is 404 g/mol. The molecule has 4 heterocycles. The molecule has 1 aliphatic rings. The fourth-order valence-electron chi connectivity index (χ4n) is 3.54. The van der Waals surface area contributed by atoms with E-state index in [1.54, 1.807) is 30.1 Å². The molecule has 0 aliphatic carbocycles. The molecule has 1 aliphatic heterocycles. The second kappa shape index (κ2) is 7.55. The lowest BCUT2D eigenvalue weighted by Crippen LogP contribution is -2.63. The molecule has 156 valence electrons. The quantitative estimate of drug-likeness (QED) is 0.610. The van der Waals surface area contributed by atoms with Gasteiger partial charge in [-0.15, -0.1) is 0 Å². The van der Waals surface area contributed by atoms with Crippen molar-refractivity contribution in [3.8, 4) is 17.3 Å². The molecule has 1 fully saturated rings. The summed E-state index contributed by atoms with van der Waals surface area (Å²) >= 11 is 0. The van der Waals surface area contributed by atoms with Gasteiger partial charge in [-0.25, -0.2) is 18.4 Å². The fraction of sp³-hybridized carbons (Fsp3) is 0.368. The van der Waals surface area contributed by atoms with E-state index in [4.69, 9.17) is 0 Å². The van der Waals surface area contributed by atoms with Gasteiger partial charge in [0, 0.05) is 50.5 Å². The van der Waals surface area contributed by atoms with Gasteiger partial charge in [-0.2, -0.15) is 14.7 Å². The summed E-state index contributed by atoms with van der Waals surface area (Å²) in [7, 11) is -1.43. The molecule has 0 saturated carbocycles. The molecule has 0 unspecified atom stereocenters. The Bertz CT molecular complexity index is 1200. The fourth-order valence-corrected chi connectivity index (χ4v) is 4.78. The van der Waals surface area contributed by atoms with Crippen LogP contribution in [0.25, 0.3) is 11.3 Å². The van der Waals surface area contributed by atoms with Crippen molar-refractivity contribution in [3.05, 3.63) is 43.1 Å². The van der Waals surface area contributed by atoms with Crippen LogP contribution in [0.5, 0.6) is 0 Å². The molecule has 0 atom stereocenters. The maximum Gasteiger partial charge on any atom is 0.227 e. The zero-order chi connectivity index (χ0) is 21.4. The van der Waals surface area contributed by atoms with Crippen molar-refractivity contribution in [3.63, 3.8) is 0 Å². The summed E-state index contributed by atoms with van der Waals surface area (Å²) in [5.74, 6) is 0.504. The van der Waals surface area contributed by atoms with Crippen LogP contribution in [0.15, 0.2) is 43.1 Å². The van der Waals surface area contributed by atoms with Crippen LogP contribution in [0.2, 0.25) is 0 Å². The molecule has 1 saturated heterocycles. The smallest absolute Gasteiger partial charge is 0.227 e. The number of sulfonamides is 1. The van der Waals surface area contributed by atoms with Crippen LogP contribution in [0.3, 0.4) is 0 Å². The Morgan fingerprint density at radius 2 is 2.10 bits per heavy atom. The van der Waals surface area contributed by atoms with Gasteiger partial charge in [-0.1, -0.05) is 0 Å². The number of nitrogens with one attached hydrogen (secondary N) is 1. The van der Waals surface area contributed by atoms with Crippen LogP contribution in [0.4, 0.5) is 11.6 Å². The first-order valence-corrected chi connectivity index (χ1v) is 11.1. The maximum atomic E-state index is 12.1. The van der Waals surface area contributed by atoms with Gasteiger partial charge in [0.15, 0.2) is 0 Å². The average molecular weight is 427 g/mol. The number of rotatable bonds is 7. The zero-order valence-corrected chi connectivity index (χ0v) is 17.5. The van der Waals surface area contributed by atoms with Gasteiger partial charge in [-0.3, -0.25) is 4.68 Å². The lowest BCUT2D eigenvalue weighted by molar-refractivity contribution is 0.0851. The molecular formula is C19H22N8O2S. The summed E-state index contributed by atoms with van der Waals surface area (Å²) in [5, 5.41) is 16.5. The van der Waals surface area contributed by atoms with Crippen molar-refractivity contribution in [1.29, 1.82) is 5.26 Å². The van der Waals surface area contributed by atoms with Gasteiger partial charge < -0.3 is 9.88 Å². The third-order valence-corrected chi connectivity index (χ3v) is 7.04. The van der Waals surface area contributed by atoms with Gasteiger partial charge in [0.25, 0.3) is 0 Å². The summed E-state index contributed by atoms with van der Waals surface area (Å²) in [5.41, 5.74) is 1.81. The SMILES string of the molecule is CCS(=O)(=O)N1CC(CC#N)(n2ccc(-c3ccnc(Nc4cnn(C)c4)n3)c2)C1. The third kappa shape index (κ3) is 3.67. The standard InChI is InChI=1S/C19H22N8O2S/c1-3-30(28,29)27-13-19(14-27,6-7-20)26-9-5-15(11-26)17-4-8-21-18(24-17)23-16-10-22-25(2)12-16/h4-5,8-12H,3,6,13-14H2,1-2H3,(H,21,23,24). The van der Waals surface area contributed by atoms with Gasteiger partial charge in [0.05, 0.1) is 41.4 Å². The number of anilines is 2. The first kappa shape index (κ1) is 20.1. The predicted octanol–water partition coefficient (Wildman–Crippen LogP) is 1.70. The van der Waals surface area contributed by atoms with Crippen LogP contribution >= 0.6 is 0 Å². The number of hydrogen-bond donors (Lipinski definition) is 1. The molecule has 3 aromatic heterocycles. The minimum absolute atomic E-state index is 0.0558. The van der Waals surface area contributed by atoms with E-state index in [-0.39, 0.29) is 12.2 Å². The minimum Gasteiger partial charge on any atom is -0.344 e. The molecule has 0 aromatic carbocycles. The second-order valence-corrected chi connectivity index (χ2v) is 9.59. The Morgan fingerprint density at radius 3 is 2.77 bits per heavy atom. The highest BCUT2D eigenvalue weighted by atomic mass is 32.2. The summed E-state index contributed by atoms with van der Waals surface area (Å²) in [6.45, 7) is 2.21. The lowest BCUT2D eigenvalue weighted by atomic mass is 9.89. The Labute approximate surface area is 174 Å². The van der Waals surface area contributed by atoms with Crippen molar-refractivity contribution < 1.29 is 8.42 Å². The second-order valence-electron chi connectivity index (χ2n) is 7.33. The number of nitriles is 1. The Hall–Kier alpha value is -3.23. The Kier molecular flexibility index (Phi) is 5.05. The van der Waals surface area contributed by atoms with Crippen molar-refractivity contribution in [2.45, 2.75) is 18.9 Å². The molecule has 3 aromatic rings. The first-order valence-electron chi connectivity index (χ1n) is 9.47. The topological polar surface area (TPSA) is 122 Å². The highest BCUT2D eigenvalue weighted by Gasteiger charge is 2.48. The van der Waals surface area contributed by atoms with E-state index in [0.717, 1.165) is 16.9 Å². The Morgan fingerprint density at radius 1 is 1.30 bits per heavy atom. The van der Waals surface area contributed by atoms with Crippen molar-refractivity contribution >= 4 is 21.7 Å². The van der Waals surface area contributed by atoms with Crippen LogP contribution < -0.4 is 5.32 Å². The molecule has 0 spiro atoms. The molecule has 10 nitrogen and oxygen atoms in total. The predicted molar refractivity (Wildman–Crippen MR) is 111 cm³/mol. The van der Waals surface area contributed by atoms with Crippen molar-refractivity contribution in [2.75, 3.05) is 24.2 Å². The van der Waals surface area contributed by atoms with Crippen LogP contribution in [0, 0.1) is 11.3 Å². The molecule has 4 rings (SSSR count). The molecule has 0 bridgehead atoms. The van der Waals surface area contributed by atoms with E-state index in [0.29, 0.717) is 19.0 Å². The normalized spacial score (nSPS) is 16.0. The molecule has 1 N–H and O–H groups in total. The lowest BCUT2D eigenvalue weighted by Gasteiger charge is -2.48. The van der Waals surface area contributed by atoms with Crippen LogP contribution in [0.1, 0.15) is 13.3 Å². The van der Waals surface area contributed by atoms with E-state index in [1.165, 1.54) is 4.31 Å². The monoisotopic (exact) mass is 426 g/mol. The minimum atomic E-state index is -3.26. The van der Waals surface area contributed by atoms with Gasteiger partial charge in [0.2, 0.25) is 16.0 Å². The number of nitrogens with zero attached hydrogens (tertiary/aromatic N) is 7. The van der Waals surface area contributed by atoms with Gasteiger partial charge in [0.1, 0.15) is 0 Å². The number of aromatic nitrogens is 5. The largest absolute Gasteiger partial charge is 0.344 e. The van der Waals surface area contributed by atoms with Crippen LogP contribution in [-0.4, -0.2) is 55.9 Å². The highest BCUT2D eigenvalue weighted by molar-refractivity contribution is 7.89. The molecule has 0 radical (unpaired) electrons. The van der Waals surface area contributed by atoms with E-state index in [2.05, 4.69) is 26.5 Å². The number of aryl methyl sites for hydroxylation is 1. The summed E-state index contributed by atoms with van der Waals surface area (Å²) in [6, 6.07) is 5.91. The van der Waals surface area contributed by atoms with Crippen molar-refractivity contribution in [1.82, 2.24) is 28.6 Å². The Balaban J connectivity index is 1.56. The number of hydrogen-bond acceptors (Lipinski definition) is 7. The maximum absolute atomic E-state index is 12.1. The average Bonchev–Trinajstić information content (AvgIpc) is 3.34. The summed E-state index contributed by atoms with van der Waals surface area (Å²) in [4.78, 5) is 8.80. The third-order valence-electron chi connectivity index (χ3n) is 5.26. The van der Waals surface area contributed by atoms with Crippen LogP contribution in [-0.2, 0) is 22.6 Å². The summed E-state index contributed by atoms with van der Waals surface area (Å²) < 4.78 is 29.3. The van der Waals surface area contributed by atoms with Gasteiger partial charge >= 0.3 is 0 Å². The first-order chi connectivity index (χ1) is 14.3. The molecule has 11 heteroatoms. The zero-order valence-electron chi connectivity index (χ0n) is 16.7. The van der Waals surface area contributed by atoms with E-state index in [9.17, 15) is 13.7 Å². The molecule has 0 amide bonds. The highest BCUT2D eigenvalue weighted by Crippen LogP contribution is 2.36. The van der Waals surface area contributed by atoms with E-state index in [1.807, 2.05) is 36.3 Å². The van der Waals surface area contributed by atoms with E-state index >= 15 is 0 Å². The summed E-state index contributed by atoms with van der Waals surface area (Å²) in [6.07, 6.45) is 9.19. The molecule has 30 heavy (non-hydrogen) atoms.